The topological polar surface area (TPSA) is 114 Å². The number of benzene rings is 2. The second-order valence-electron chi connectivity index (χ2n) is 8.17. The van der Waals surface area contributed by atoms with Gasteiger partial charge in [-0.25, -0.2) is 8.42 Å². The van der Waals surface area contributed by atoms with Crippen LogP contribution in [0.5, 0.6) is 11.5 Å². The molecule has 0 saturated carbocycles. The molecule has 3 rings (SSSR count). The fourth-order valence-electron chi connectivity index (χ4n) is 3.58. The molecule has 3 aromatic rings. The van der Waals surface area contributed by atoms with Crippen LogP contribution in [-0.2, 0) is 14.8 Å². The number of ether oxygens (including phenoxy) is 2. The Morgan fingerprint density at radius 3 is 2.12 bits per heavy atom. The molecule has 2 aromatic carbocycles. The molecule has 34 heavy (non-hydrogen) atoms. The standard InChI is InChI=1S/C24H30N4O5S/c1-15(2)18-7-9-20(10-8-18)28(34(30,31)24-16(3)26-27-17(24)4)14-23(29)25-19-11-21(32-5)13-22(12-19)33-6/h7-13,15H,14H2,1-6H3,(H,25,29)(H,26,27). The van der Waals surface area contributed by atoms with Gasteiger partial charge in [0.1, 0.15) is 22.9 Å². The number of aromatic amines is 1. The van der Waals surface area contributed by atoms with Crippen LogP contribution in [0.2, 0.25) is 0 Å². The van der Waals surface area contributed by atoms with E-state index in [1.165, 1.54) is 14.2 Å². The third-order valence-electron chi connectivity index (χ3n) is 5.38. The van der Waals surface area contributed by atoms with Gasteiger partial charge in [-0.3, -0.25) is 14.2 Å². The van der Waals surface area contributed by atoms with Crippen LogP contribution in [0.15, 0.2) is 47.4 Å². The first-order chi connectivity index (χ1) is 16.1. The summed E-state index contributed by atoms with van der Waals surface area (Å²) in [6, 6.07) is 12.1. The number of aryl methyl sites for hydroxylation is 2. The number of H-pyrrole nitrogens is 1. The maximum atomic E-state index is 13.7. The summed E-state index contributed by atoms with van der Waals surface area (Å²) in [7, 11) is -1.08. The third kappa shape index (κ3) is 5.33. The lowest BCUT2D eigenvalue weighted by Gasteiger charge is -2.24. The molecular weight excluding hydrogens is 456 g/mol. The van der Waals surface area contributed by atoms with Crippen LogP contribution >= 0.6 is 0 Å². The van der Waals surface area contributed by atoms with Gasteiger partial charge in [0.05, 0.1) is 31.3 Å². The van der Waals surface area contributed by atoms with Crippen molar-refractivity contribution in [2.75, 3.05) is 30.4 Å². The molecule has 0 bridgehead atoms. The zero-order valence-electron chi connectivity index (χ0n) is 20.2. The van der Waals surface area contributed by atoms with E-state index in [-0.39, 0.29) is 10.8 Å². The van der Waals surface area contributed by atoms with Crippen molar-refractivity contribution >= 4 is 27.3 Å². The molecule has 0 fully saturated rings. The first-order valence-electron chi connectivity index (χ1n) is 10.7. The average molecular weight is 487 g/mol. The normalized spacial score (nSPS) is 11.4. The summed E-state index contributed by atoms with van der Waals surface area (Å²) in [6.45, 7) is 6.91. The monoisotopic (exact) mass is 486 g/mol. The first-order valence-corrected chi connectivity index (χ1v) is 12.2. The minimum atomic E-state index is -4.09. The zero-order valence-corrected chi connectivity index (χ0v) is 21.0. The van der Waals surface area contributed by atoms with Gasteiger partial charge in [0.2, 0.25) is 5.91 Å². The fourth-order valence-corrected chi connectivity index (χ4v) is 5.34. The molecule has 0 spiro atoms. The largest absolute Gasteiger partial charge is 0.497 e. The van der Waals surface area contributed by atoms with Gasteiger partial charge in [-0.05, 0) is 37.5 Å². The summed E-state index contributed by atoms with van der Waals surface area (Å²) in [5.74, 6) is 0.746. The molecule has 1 heterocycles. The molecule has 0 unspecified atom stereocenters. The zero-order chi connectivity index (χ0) is 25.0. The molecule has 0 aliphatic rings. The highest BCUT2D eigenvalue weighted by Crippen LogP contribution is 2.29. The number of methoxy groups -OCH3 is 2. The molecule has 9 nitrogen and oxygen atoms in total. The summed E-state index contributed by atoms with van der Waals surface area (Å²) in [5, 5.41) is 9.47. The van der Waals surface area contributed by atoms with Crippen molar-refractivity contribution in [1.29, 1.82) is 0 Å². The van der Waals surface area contributed by atoms with E-state index >= 15 is 0 Å². The Kier molecular flexibility index (Phi) is 7.51. The Morgan fingerprint density at radius 2 is 1.65 bits per heavy atom. The Morgan fingerprint density at radius 1 is 1.06 bits per heavy atom. The van der Waals surface area contributed by atoms with Crippen LogP contribution in [0.1, 0.15) is 36.7 Å². The number of rotatable bonds is 9. The minimum Gasteiger partial charge on any atom is -0.497 e. The van der Waals surface area contributed by atoms with Gasteiger partial charge in [-0.15, -0.1) is 0 Å². The summed E-state index contributed by atoms with van der Waals surface area (Å²) in [5.41, 5.74) is 2.59. The Labute approximate surface area is 200 Å². The van der Waals surface area contributed by atoms with E-state index in [0.717, 1.165) is 9.87 Å². The van der Waals surface area contributed by atoms with Crippen LogP contribution in [0.4, 0.5) is 11.4 Å². The number of nitrogens with one attached hydrogen (secondary N) is 2. The molecule has 182 valence electrons. The lowest BCUT2D eigenvalue weighted by Crippen LogP contribution is -2.38. The van der Waals surface area contributed by atoms with Crippen molar-refractivity contribution in [1.82, 2.24) is 10.2 Å². The van der Waals surface area contributed by atoms with Gasteiger partial charge in [0.25, 0.3) is 10.0 Å². The smallest absolute Gasteiger partial charge is 0.268 e. The van der Waals surface area contributed by atoms with Gasteiger partial charge in [-0.2, -0.15) is 5.10 Å². The van der Waals surface area contributed by atoms with Gasteiger partial charge < -0.3 is 14.8 Å². The van der Waals surface area contributed by atoms with E-state index in [4.69, 9.17) is 9.47 Å². The van der Waals surface area contributed by atoms with Crippen LogP contribution < -0.4 is 19.1 Å². The summed E-state index contributed by atoms with van der Waals surface area (Å²) in [4.78, 5) is 13.1. The number of carbonyl (C=O) groups excluding carboxylic acids is 1. The Balaban J connectivity index is 1.98. The molecule has 10 heteroatoms. The number of hydrogen-bond acceptors (Lipinski definition) is 6. The number of carbonyl (C=O) groups is 1. The molecule has 1 amide bonds. The third-order valence-corrected chi connectivity index (χ3v) is 7.42. The van der Waals surface area contributed by atoms with E-state index in [0.29, 0.717) is 34.3 Å². The SMILES string of the molecule is COc1cc(NC(=O)CN(c2ccc(C(C)C)cc2)S(=O)(=O)c2c(C)n[nH]c2C)cc(OC)c1. The predicted molar refractivity (Wildman–Crippen MR) is 131 cm³/mol. The Bertz CT molecular complexity index is 1230. The van der Waals surface area contributed by atoms with Crippen molar-refractivity contribution in [2.45, 2.75) is 38.5 Å². The highest BCUT2D eigenvalue weighted by molar-refractivity contribution is 7.93. The number of amides is 1. The number of anilines is 2. The maximum Gasteiger partial charge on any atom is 0.268 e. The van der Waals surface area contributed by atoms with E-state index in [2.05, 4.69) is 29.4 Å². The molecule has 0 radical (unpaired) electrons. The van der Waals surface area contributed by atoms with Crippen molar-refractivity contribution in [3.05, 3.63) is 59.4 Å². The fraction of sp³-hybridized carbons (Fsp3) is 0.333. The summed E-state index contributed by atoms with van der Waals surface area (Å²) in [6.07, 6.45) is 0. The number of aromatic nitrogens is 2. The van der Waals surface area contributed by atoms with E-state index in [1.54, 1.807) is 44.2 Å². The van der Waals surface area contributed by atoms with Crippen LogP contribution in [0, 0.1) is 13.8 Å². The van der Waals surface area contributed by atoms with Crippen molar-refractivity contribution in [3.8, 4) is 11.5 Å². The van der Waals surface area contributed by atoms with Gasteiger partial charge in [0.15, 0.2) is 0 Å². The van der Waals surface area contributed by atoms with Crippen LogP contribution in [0.25, 0.3) is 0 Å². The maximum absolute atomic E-state index is 13.7. The van der Waals surface area contributed by atoms with Crippen LogP contribution in [0.3, 0.4) is 0 Å². The van der Waals surface area contributed by atoms with Gasteiger partial charge in [-0.1, -0.05) is 26.0 Å². The van der Waals surface area contributed by atoms with Gasteiger partial charge in [0, 0.05) is 23.9 Å². The minimum absolute atomic E-state index is 0.0521. The van der Waals surface area contributed by atoms with Gasteiger partial charge >= 0.3 is 0 Å². The number of nitrogens with zero attached hydrogens (tertiary/aromatic N) is 2. The lowest BCUT2D eigenvalue weighted by atomic mass is 10.0. The molecular formula is C24H30N4O5S. The average Bonchev–Trinajstić information content (AvgIpc) is 3.15. The molecule has 0 aliphatic carbocycles. The summed E-state index contributed by atoms with van der Waals surface area (Å²) < 4.78 is 39.0. The predicted octanol–water partition coefficient (Wildman–Crippen LogP) is 4.00. The molecule has 2 N–H and O–H groups in total. The molecule has 0 aliphatic heterocycles. The second-order valence-corrected chi connectivity index (χ2v) is 9.97. The number of sulfonamides is 1. The van der Waals surface area contributed by atoms with E-state index in [1.807, 2.05) is 12.1 Å². The number of hydrogen-bond donors (Lipinski definition) is 2. The first kappa shape index (κ1) is 25.1. The molecule has 1 aromatic heterocycles. The quantitative estimate of drug-likeness (QED) is 0.473. The molecule has 0 saturated heterocycles. The highest BCUT2D eigenvalue weighted by Gasteiger charge is 2.31. The summed E-state index contributed by atoms with van der Waals surface area (Å²) >= 11 is 0. The molecule has 0 atom stereocenters. The Hall–Kier alpha value is -3.53. The van der Waals surface area contributed by atoms with Crippen LogP contribution in [-0.4, -0.2) is 45.3 Å². The van der Waals surface area contributed by atoms with Crippen molar-refractivity contribution in [3.63, 3.8) is 0 Å². The van der Waals surface area contributed by atoms with E-state index < -0.39 is 22.5 Å². The van der Waals surface area contributed by atoms with Crippen molar-refractivity contribution < 1.29 is 22.7 Å². The lowest BCUT2D eigenvalue weighted by molar-refractivity contribution is -0.114. The highest BCUT2D eigenvalue weighted by atomic mass is 32.2. The second kappa shape index (κ2) is 10.2. The van der Waals surface area contributed by atoms with E-state index in [9.17, 15) is 13.2 Å². The van der Waals surface area contributed by atoms with Crippen molar-refractivity contribution in [2.24, 2.45) is 0 Å².